The second-order valence-corrected chi connectivity index (χ2v) is 3.89. The molecule has 0 radical (unpaired) electrons. The molecule has 3 nitrogen and oxygen atoms in total. The van der Waals surface area contributed by atoms with Crippen molar-refractivity contribution < 1.29 is 0 Å². The fourth-order valence-electron chi connectivity index (χ4n) is 1.79. The van der Waals surface area contributed by atoms with E-state index in [0.29, 0.717) is 6.04 Å². The maximum atomic E-state index is 4.28. The summed E-state index contributed by atoms with van der Waals surface area (Å²) >= 11 is 0. The number of aryl methyl sites for hydroxylation is 1. The van der Waals surface area contributed by atoms with Gasteiger partial charge in [-0.1, -0.05) is 12.2 Å². The Kier molecular flexibility index (Phi) is 2.99. The normalized spacial score (nSPS) is 21.4. The third kappa shape index (κ3) is 2.45. The second-order valence-electron chi connectivity index (χ2n) is 3.89. The van der Waals surface area contributed by atoms with Crippen LogP contribution in [0.25, 0.3) is 0 Å². The van der Waals surface area contributed by atoms with E-state index in [-0.39, 0.29) is 0 Å². The van der Waals surface area contributed by atoms with Crippen LogP contribution >= 0.6 is 0 Å². The smallest absolute Gasteiger partial charge is 0.0947 e. The van der Waals surface area contributed by atoms with Crippen LogP contribution in [0.3, 0.4) is 0 Å². The van der Waals surface area contributed by atoms with Crippen LogP contribution in [0.2, 0.25) is 0 Å². The van der Waals surface area contributed by atoms with E-state index in [2.05, 4.69) is 28.6 Å². The molecule has 0 amide bonds. The van der Waals surface area contributed by atoms with Crippen LogP contribution < -0.4 is 5.32 Å². The van der Waals surface area contributed by atoms with E-state index in [0.717, 1.165) is 18.7 Å². The van der Waals surface area contributed by atoms with Crippen LogP contribution in [0.4, 0.5) is 0 Å². The molecule has 0 saturated heterocycles. The number of aromatic nitrogens is 2. The van der Waals surface area contributed by atoms with Crippen molar-refractivity contribution >= 4 is 0 Å². The molecule has 0 aromatic carbocycles. The van der Waals surface area contributed by atoms with E-state index in [4.69, 9.17) is 0 Å². The molecule has 0 fully saturated rings. The molecule has 1 heterocycles. The van der Waals surface area contributed by atoms with Gasteiger partial charge in [0.2, 0.25) is 0 Å². The summed E-state index contributed by atoms with van der Waals surface area (Å²) < 4.78 is 1.98. The largest absolute Gasteiger partial charge is 0.340 e. The first kappa shape index (κ1) is 9.46. The van der Waals surface area contributed by atoms with Gasteiger partial charge in [0.15, 0.2) is 0 Å². The van der Waals surface area contributed by atoms with Crippen LogP contribution in [-0.4, -0.2) is 15.6 Å². The Morgan fingerprint density at radius 3 is 3.14 bits per heavy atom. The number of rotatable bonds is 3. The molecule has 76 valence electrons. The summed E-state index contributed by atoms with van der Waals surface area (Å²) in [7, 11) is 2.00. The van der Waals surface area contributed by atoms with Gasteiger partial charge in [0.25, 0.3) is 0 Å². The van der Waals surface area contributed by atoms with Crippen molar-refractivity contribution in [2.75, 3.05) is 0 Å². The molecule has 0 saturated carbocycles. The first-order valence-electron chi connectivity index (χ1n) is 5.20. The number of hydrogen-bond donors (Lipinski definition) is 1. The molecule has 0 spiro atoms. The summed E-state index contributed by atoms with van der Waals surface area (Å²) in [6.07, 6.45) is 12.1. The third-order valence-corrected chi connectivity index (χ3v) is 2.60. The van der Waals surface area contributed by atoms with Gasteiger partial charge in [-0.2, -0.15) is 0 Å². The number of hydrogen-bond acceptors (Lipinski definition) is 2. The van der Waals surface area contributed by atoms with Crippen LogP contribution in [0.5, 0.6) is 0 Å². The van der Waals surface area contributed by atoms with Crippen LogP contribution in [0.1, 0.15) is 25.0 Å². The monoisotopic (exact) mass is 191 g/mol. The minimum atomic E-state index is 0.641. The summed E-state index contributed by atoms with van der Waals surface area (Å²) in [5, 5.41) is 3.52. The van der Waals surface area contributed by atoms with E-state index in [1.807, 2.05) is 17.9 Å². The first-order chi connectivity index (χ1) is 6.84. The lowest BCUT2D eigenvalue weighted by molar-refractivity contribution is 0.471. The van der Waals surface area contributed by atoms with Crippen molar-refractivity contribution in [1.29, 1.82) is 0 Å². The predicted molar refractivity (Wildman–Crippen MR) is 56.8 cm³/mol. The maximum absolute atomic E-state index is 4.28. The fourth-order valence-corrected chi connectivity index (χ4v) is 1.79. The molecule has 1 aliphatic carbocycles. The molecule has 1 N–H and O–H groups in total. The summed E-state index contributed by atoms with van der Waals surface area (Å²) in [4.78, 5) is 4.28. The minimum Gasteiger partial charge on any atom is -0.340 e. The highest BCUT2D eigenvalue weighted by Gasteiger charge is 2.08. The number of nitrogens with zero attached hydrogens (tertiary/aromatic N) is 2. The third-order valence-electron chi connectivity index (χ3n) is 2.60. The highest BCUT2D eigenvalue weighted by atomic mass is 15.0. The molecule has 1 aromatic rings. The molecule has 1 aromatic heterocycles. The van der Waals surface area contributed by atoms with Gasteiger partial charge >= 0.3 is 0 Å². The van der Waals surface area contributed by atoms with E-state index in [9.17, 15) is 0 Å². The predicted octanol–water partition coefficient (Wildman–Crippen LogP) is 1.62. The molecular formula is C11H17N3. The van der Waals surface area contributed by atoms with E-state index in [1.165, 1.54) is 12.8 Å². The quantitative estimate of drug-likeness (QED) is 0.736. The zero-order chi connectivity index (χ0) is 9.80. The van der Waals surface area contributed by atoms with Crippen molar-refractivity contribution in [2.45, 2.75) is 31.8 Å². The standard InChI is InChI=1S/C11H17N3/c1-14-8-11(13-9-14)7-12-10-5-3-2-4-6-10/h2-3,8-10,12H,4-7H2,1H3. The Bertz CT molecular complexity index is 314. The maximum Gasteiger partial charge on any atom is 0.0947 e. The Morgan fingerprint density at radius 1 is 1.57 bits per heavy atom. The Balaban J connectivity index is 1.79. The Morgan fingerprint density at radius 2 is 2.50 bits per heavy atom. The topological polar surface area (TPSA) is 29.9 Å². The molecule has 0 bridgehead atoms. The fraction of sp³-hybridized carbons (Fsp3) is 0.545. The van der Waals surface area contributed by atoms with Gasteiger partial charge in [-0.05, 0) is 19.3 Å². The molecule has 3 heteroatoms. The van der Waals surface area contributed by atoms with Gasteiger partial charge in [-0.25, -0.2) is 4.98 Å². The lowest BCUT2D eigenvalue weighted by atomic mass is 10.0. The number of nitrogens with one attached hydrogen (secondary N) is 1. The summed E-state index contributed by atoms with van der Waals surface area (Å²) in [6, 6.07) is 0.641. The highest BCUT2D eigenvalue weighted by Crippen LogP contribution is 2.10. The van der Waals surface area contributed by atoms with Crippen LogP contribution in [0, 0.1) is 0 Å². The summed E-state index contributed by atoms with van der Waals surface area (Å²) in [5.41, 5.74) is 1.13. The average molecular weight is 191 g/mol. The number of allylic oxidation sites excluding steroid dienone is 1. The number of imidazole rings is 1. The van der Waals surface area contributed by atoms with Crippen LogP contribution in [-0.2, 0) is 13.6 Å². The van der Waals surface area contributed by atoms with Gasteiger partial charge in [0.1, 0.15) is 0 Å². The van der Waals surface area contributed by atoms with E-state index < -0.39 is 0 Å². The van der Waals surface area contributed by atoms with Crippen molar-refractivity contribution in [1.82, 2.24) is 14.9 Å². The van der Waals surface area contributed by atoms with Crippen molar-refractivity contribution in [3.8, 4) is 0 Å². The van der Waals surface area contributed by atoms with Crippen molar-refractivity contribution in [2.24, 2.45) is 7.05 Å². The first-order valence-corrected chi connectivity index (χ1v) is 5.20. The van der Waals surface area contributed by atoms with E-state index >= 15 is 0 Å². The molecule has 0 aliphatic heterocycles. The molecule has 1 atom stereocenters. The van der Waals surface area contributed by atoms with Gasteiger partial charge in [0, 0.05) is 25.8 Å². The highest BCUT2D eigenvalue weighted by molar-refractivity contribution is 4.98. The summed E-state index contributed by atoms with van der Waals surface area (Å²) in [6.45, 7) is 0.888. The zero-order valence-corrected chi connectivity index (χ0v) is 8.61. The van der Waals surface area contributed by atoms with E-state index in [1.54, 1.807) is 0 Å². The van der Waals surface area contributed by atoms with Crippen molar-refractivity contribution in [3.63, 3.8) is 0 Å². The molecule has 2 rings (SSSR count). The SMILES string of the molecule is Cn1cnc(CNC2CC=CCC2)c1. The second kappa shape index (κ2) is 4.42. The van der Waals surface area contributed by atoms with Crippen LogP contribution in [0.15, 0.2) is 24.7 Å². The molecule has 14 heavy (non-hydrogen) atoms. The van der Waals surface area contributed by atoms with Crippen molar-refractivity contribution in [3.05, 3.63) is 30.4 Å². The van der Waals surface area contributed by atoms with Gasteiger partial charge in [-0.3, -0.25) is 0 Å². The van der Waals surface area contributed by atoms with Gasteiger partial charge in [-0.15, -0.1) is 0 Å². The van der Waals surface area contributed by atoms with Gasteiger partial charge in [0.05, 0.1) is 12.0 Å². The minimum absolute atomic E-state index is 0.641. The molecule has 1 aliphatic rings. The lowest BCUT2D eigenvalue weighted by Crippen LogP contribution is -2.29. The van der Waals surface area contributed by atoms with Gasteiger partial charge < -0.3 is 9.88 Å². The Labute approximate surface area is 84.8 Å². The average Bonchev–Trinajstić information content (AvgIpc) is 2.63. The molecule has 1 unspecified atom stereocenters. The Hall–Kier alpha value is -1.09. The summed E-state index contributed by atoms with van der Waals surface area (Å²) in [5.74, 6) is 0. The lowest BCUT2D eigenvalue weighted by Gasteiger charge is -2.18. The molecular weight excluding hydrogens is 174 g/mol. The zero-order valence-electron chi connectivity index (χ0n) is 8.61.